The monoisotopic (exact) mass is 371 g/mol. The van der Waals surface area contributed by atoms with E-state index in [-0.39, 0.29) is 11.3 Å². The maximum absolute atomic E-state index is 12.0. The Morgan fingerprint density at radius 1 is 1.04 bits per heavy atom. The molecule has 27 heavy (non-hydrogen) atoms. The number of hydrogen-bond donors (Lipinski definition) is 2. The number of carbonyl (C=O) groups excluding carboxylic acids is 2. The molecule has 0 spiro atoms. The number of hydrazine groups is 1. The van der Waals surface area contributed by atoms with E-state index in [1.165, 1.54) is 50.6 Å². The van der Waals surface area contributed by atoms with Crippen LogP contribution in [0.4, 0.5) is 5.69 Å². The number of amides is 2. The van der Waals surface area contributed by atoms with Gasteiger partial charge in [0.05, 0.1) is 19.1 Å². The largest absolute Gasteiger partial charge is 0.493 e. The molecule has 0 radical (unpaired) electrons. The van der Waals surface area contributed by atoms with E-state index in [1.54, 1.807) is 18.2 Å². The van der Waals surface area contributed by atoms with Gasteiger partial charge >= 0.3 is 0 Å². The van der Waals surface area contributed by atoms with Gasteiger partial charge in [-0.2, -0.15) is 0 Å². The smallest absolute Gasteiger partial charge is 0.282 e. The van der Waals surface area contributed by atoms with Crippen molar-refractivity contribution >= 4 is 23.6 Å². The Morgan fingerprint density at radius 3 is 2.41 bits per heavy atom. The third-order valence-corrected chi connectivity index (χ3v) is 3.48. The van der Waals surface area contributed by atoms with E-state index in [4.69, 9.17) is 9.47 Å². The molecule has 0 saturated heterocycles. The van der Waals surface area contributed by atoms with E-state index in [1.807, 2.05) is 0 Å². The molecule has 0 fully saturated rings. The minimum Gasteiger partial charge on any atom is -0.493 e. The molecule has 2 rings (SSSR count). The average molecular weight is 371 g/mol. The summed E-state index contributed by atoms with van der Waals surface area (Å²) < 4.78 is 10.3. The van der Waals surface area contributed by atoms with Crippen LogP contribution in [0, 0.1) is 10.1 Å². The Labute approximate surface area is 154 Å². The molecule has 0 atom stereocenters. The van der Waals surface area contributed by atoms with Crippen molar-refractivity contribution in [3.8, 4) is 11.5 Å². The van der Waals surface area contributed by atoms with Crippen molar-refractivity contribution in [3.05, 3.63) is 69.8 Å². The molecule has 0 aliphatic rings. The SMILES string of the molecule is COc1ccc(C=CC(=O)NNC(=O)c2ccccc2[N+](=O)[O-])cc1OC. The molecule has 140 valence electrons. The van der Waals surface area contributed by atoms with Crippen LogP contribution in [0.25, 0.3) is 6.08 Å². The summed E-state index contributed by atoms with van der Waals surface area (Å²) in [5, 5.41) is 10.9. The number of nitrogens with zero attached hydrogens (tertiary/aromatic N) is 1. The highest BCUT2D eigenvalue weighted by Crippen LogP contribution is 2.27. The van der Waals surface area contributed by atoms with Crippen LogP contribution in [0.5, 0.6) is 11.5 Å². The van der Waals surface area contributed by atoms with Gasteiger partial charge in [-0.1, -0.05) is 18.2 Å². The first-order chi connectivity index (χ1) is 13.0. The van der Waals surface area contributed by atoms with Crippen molar-refractivity contribution in [2.24, 2.45) is 0 Å². The molecular formula is C18H17N3O6. The van der Waals surface area contributed by atoms with Gasteiger partial charge in [-0.05, 0) is 29.8 Å². The number of hydrogen-bond acceptors (Lipinski definition) is 6. The van der Waals surface area contributed by atoms with E-state index in [2.05, 4.69) is 10.9 Å². The summed E-state index contributed by atoms with van der Waals surface area (Å²) in [5.41, 5.74) is 4.45. The molecule has 9 nitrogen and oxygen atoms in total. The number of ether oxygens (including phenoxy) is 2. The predicted octanol–water partition coefficient (Wildman–Crippen LogP) is 2.09. The number of nitro groups is 1. The highest BCUT2D eigenvalue weighted by molar-refractivity contribution is 6.00. The number of benzene rings is 2. The summed E-state index contributed by atoms with van der Waals surface area (Å²) in [6, 6.07) is 10.5. The summed E-state index contributed by atoms with van der Waals surface area (Å²) in [7, 11) is 3.01. The fourth-order valence-corrected chi connectivity index (χ4v) is 2.18. The molecule has 2 aromatic carbocycles. The second kappa shape index (κ2) is 8.99. The zero-order chi connectivity index (χ0) is 19.8. The summed E-state index contributed by atoms with van der Waals surface area (Å²) in [5.74, 6) is -0.354. The Morgan fingerprint density at radius 2 is 1.74 bits per heavy atom. The first kappa shape index (κ1) is 19.4. The lowest BCUT2D eigenvalue weighted by atomic mass is 10.2. The molecule has 9 heteroatoms. The molecule has 0 bridgehead atoms. The minimum absolute atomic E-state index is 0.160. The van der Waals surface area contributed by atoms with Gasteiger partial charge in [-0.25, -0.2) is 0 Å². The van der Waals surface area contributed by atoms with Gasteiger partial charge < -0.3 is 9.47 Å². The van der Waals surface area contributed by atoms with Gasteiger partial charge in [0.1, 0.15) is 5.56 Å². The molecule has 2 aromatic rings. The maximum atomic E-state index is 12.0. The van der Waals surface area contributed by atoms with Crippen LogP contribution in [0.1, 0.15) is 15.9 Å². The predicted molar refractivity (Wildman–Crippen MR) is 97.3 cm³/mol. The van der Waals surface area contributed by atoms with Gasteiger partial charge in [0.15, 0.2) is 11.5 Å². The van der Waals surface area contributed by atoms with Gasteiger partial charge in [-0.15, -0.1) is 0 Å². The number of para-hydroxylation sites is 1. The molecule has 0 aliphatic heterocycles. The molecular weight excluding hydrogens is 354 g/mol. The van der Waals surface area contributed by atoms with Crippen LogP contribution in [0.3, 0.4) is 0 Å². The minimum atomic E-state index is -0.796. The average Bonchev–Trinajstić information content (AvgIpc) is 2.69. The molecule has 0 unspecified atom stereocenters. The van der Waals surface area contributed by atoms with E-state index in [9.17, 15) is 19.7 Å². The number of rotatable bonds is 6. The van der Waals surface area contributed by atoms with Crippen molar-refractivity contribution in [2.45, 2.75) is 0 Å². The standard InChI is InChI=1S/C18H17N3O6/c1-26-15-9-7-12(11-16(15)27-2)8-10-17(22)19-20-18(23)13-5-3-4-6-14(13)21(24)25/h3-11H,1-2H3,(H,19,22)(H,20,23). The summed E-state index contributed by atoms with van der Waals surface area (Å²) in [4.78, 5) is 34.1. The summed E-state index contributed by atoms with van der Waals surface area (Å²) in [6.07, 6.45) is 2.70. The third kappa shape index (κ3) is 5.05. The van der Waals surface area contributed by atoms with Crippen LogP contribution in [-0.4, -0.2) is 31.0 Å². The molecule has 0 aromatic heterocycles. The second-order valence-electron chi connectivity index (χ2n) is 5.17. The van der Waals surface area contributed by atoms with Crippen molar-refractivity contribution in [2.75, 3.05) is 14.2 Å². The first-order valence-electron chi connectivity index (χ1n) is 7.70. The van der Waals surface area contributed by atoms with E-state index in [0.717, 1.165) is 0 Å². The third-order valence-electron chi connectivity index (χ3n) is 3.48. The lowest BCUT2D eigenvalue weighted by Crippen LogP contribution is -2.40. The maximum Gasteiger partial charge on any atom is 0.282 e. The fraction of sp³-hybridized carbons (Fsp3) is 0.111. The highest BCUT2D eigenvalue weighted by atomic mass is 16.6. The number of carbonyl (C=O) groups is 2. The van der Waals surface area contributed by atoms with Crippen molar-refractivity contribution < 1.29 is 24.0 Å². The van der Waals surface area contributed by atoms with Crippen LogP contribution < -0.4 is 20.3 Å². The topological polar surface area (TPSA) is 120 Å². The van der Waals surface area contributed by atoms with Crippen LogP contribution in [0.2, 0.25) is 0 Å². The Hall–Kier alpha value is -3.88. The van der Waals surface area contributed by atoms with Gasteiger partial charge in [0, 0.05) is 12.1 Å². The van der Waals surface area contributed by atoms with Crippen molar-refractivity contribution in [1.82, 2.24) is 10.9 Å². The zero-order valence-electron chi connectivity index (χ0n) is 14.6. The number of nitro benzene ring substituents is 1. The molecule has 2 amide bonds. The van der Waals surface area contributed by atoms with E-state index >= 15 is 0 Å². The number of methoxy groups -OCH3 is 2. The van der Waals surface area contributed by atoms with E-state index < -0.39 is 16.7 Å². The van der Waals surface area contributed by atoms with Crippen LogP contribution >= 0.6 is 0 Å². The Kier molecular flexibility index (Phi) is 6.48. The van der Waals surface area contributed by atoms with E-state index in [0.29, 0.717) is 17.1 Å². The summed E-state index contributed by atoms with van der Waals surface area (Å²) in [6.45, 7) is 0. The van der Waals surface area contributed by atoms with Gasteiger partial charge in [0.2, 0.25) is 0 Å². The molecule has 0 heterocycles. The van der Waals surface area contributed by atoms with Crippen molar-refractivity contribution in [3.63, 3.8) is 0 Å². The van der Waals surface area contributed by atoms with Crippen molar-refractivity contribution in [1.29, 1.82) is 0 Å². The quantitative estimate of drug-likeness (QED) is 0.456. The fourth-order valence-electron chi connectivity index (χ4n) is 2.18. The molecule has 0 saturated carbocycles. The lowest BCUT2D eigenvalue weighted by Gasteiger charge is -2.08. The lowest BCUT2D eigenvalue weighted by molar-refractivity contribution is -0.385. The van der Waals surface area contributed by atoms with Crippen LogP contribution in [0.15, 0.2) is 48.5 Å². The van der Waals surface area contributed by atoms with Gasteiger partial charge in [0.25, 0.3) is 17.5 Å². The van der Waals surface area contributed by atoms with Crippen LogP contribution in [-0.2, 0) is 4.79 Å². The normalized spacial score (nSPS) is 10.3. The zero-order valence-corrected chi connectivity index (χ0v) is 14.6. The number of nitrogens with one attached hydrogen (secondary N) is 2. The summed E-state index contributed by atoms with van der Waals surface area (Å²) >= 11 is 0. The first-order valence-corrected chi connectivity index (χ1v) is 7.70. The Balaban J connectivity index is 1.99. The Bertz CT molecular complexity index is 894. The molecule has 2 N–H and O–H groups in total. The molecule has 0 aliphatic carbocycles. The second-order valence-corrected chi connectivity index (χ2v) is 5.17. The highest BCUT2D eigenvalue weighted by Gasteiger charge is 2.19. The van der Waals surface area contributed by atoms with Gasteiger partial charge in [-0.3, -0.25) is 30.6 Å².